The molecule has 3 rings (SSSR count). The van der Waals surface area contributed by atoms with Crippen molar-refractivity contribution in [2.75, 3.05) is 11.9 Å². The Balaban J connectivity index is 2.16. The Bertz CT molecular complexity index is 413. The van der Waals surface area contributed by atoms with Gasteiger partial charge in [-0.2, -0.15) is 0 Å². The van der Waals surface area contributed by atoms with E-state index in [1.807, 2.05) is 18.0 Å². The van der Waals surface area contributed by atoms with Gasteiger partial charge in [0, 0.05) is 18.7 Å². The third-order valence-corrected chi connectivity index (χ3v) is 3.86. The number of rotatable bonds is 0. The number of nitrogens with zero attached hydrogens (tertiary/aromatic N) is 1. The summed E-state index contributed by atoms with van der Waals surface area (Å²) in [7, 11) is 1.90. The minimum atomic E-state index is 0.255. The van der Waals surface area contributed by atoms with Gasteiger partial charge in [-0.1, -0.05) is 24.6 Å². The summed E-state index contributed by atoms with van der Waals surface area (Å²) in [4.78, 5) is 13.9. The van der Waals surface area contributed by atoms with E-state index >= 15 is 0 Å². The van der Waals surface area contributed by atoms with Crippen LogP contribution in [0.1, 0.15) is 30.7 Å². The van der Waals surface area contributed by atoms with Crippen molar-refractivity contribution in [3.63, 3.8) is 0 Å². The van der Waals surface area contributed by atoms with Gasteiger partial charge in [-0.05, 0) is 30.4 Å². The fourth-order valence-electron chi connectivity index (χ4n) is 3.10. The van der Waals surface area contributed by atoms with Crippen LogP contribution in [-0.2, 0) is 4.79 Å². The average molecular weight is 201 g/mol. The predicted molar refractivity (Wildman–Crippen MR) is 59.9 cm³/mol. The van der Waals surface area contributed by atoms with E-state index in [9.17, 15) is 4.79 Å². The number of para-hydroxylation sites is 1. The van der Waals surface area contributed by atoms with Crippen molar-refractivity contribution >= 4 is 11.6 Å². The zero-order chi connectivity index (χ0) is 10.4. The van der Waals surface area contributed by atoms with Crippen LogP contribution < -0.4 is 4.90 Å². The van der Waals surface area contributed by atoms with E-state index in [-0.39, 0.29) is 5.92 Å². The molecule has 0 aromatic heterocycles. The lowest BCUT2D eigenvalue weighted by Gasteiger charge is -2.34. The molecule has 15 heavy (non-hydrogen) atoms. The van der Waals surface area contributed by atoms with Gasteiger partial charge in [0.2, 0.25) is 5.91 Å². The number of hydrogen-bond donors (Lipinski definition) is 0. The molecular weight excluding hydrogens is 186 g/mol. The third kappa shape index (κ3) is 1.14. The summed E-state index contributed by atoms with van der Waals surface area (Å²) >= 11 is 0. The summed E-state index contributed by atoms with van der Waals surface area (Å²) in [6.07, 6.45) is 3.45. The van der Waals surface area contributed by atoms with Crippen molar-refractivity contribution in [1.29, 1.82) is 0 Å². The van der Waals surface area contributed by atoms with Crippen LogP contribution in [-0.4, -0.2) is 13.0 Å². The molecule has 1 aliphatic heterocycles. The van der Waals surface area contributed by atoms with Crippen molar-refractivity contribution in [3.05, 3.63) is 29.8 Å². The number of carbonyl (C=O) groups is 1. The molecule has 0 saturated heterocycles. The highest BCUT2D eigenvalue weighted by Crippen LogP contribution is 2.47. The fraction of sp³-hybridized carbons (Fsp3) is 0.462. The Morgan fingerprint density at radius 3 is 2.80 bits per heavy atom. The molecule has 2 nitrogen and oxygen atoms in total. The highest BCUT2D eigenvalue weighted by atomic mass is 16.2. The lowest BCUT2D eigenvalue weighted by Crippen LogP contribution is -2.38. The minimum Gasteiger partial charge on any atom is -0.315 e. The number of carbonyl (C=O) groups excluding carboxylic acids is 1. The summed E-state index contributed by atoms with van der Waals surface area (Å²) in [5, 5.41) is 0. The van der Waals surface area contributed by atoms with E-state index in [0.717, 1.165) is 12.1 Å². The summed E-state index contributed by atoms with van der Waals surface area (Å²) in [6.45, 7) is 0. The van der Waals surface area contributed by atoms with Crippen LogP contribution in [0.2, 0.25) is 0 Å². The van der Waals surface area contributed by atoms with Gasteiger partial charge in [-0.3, -0.25) is 4.79 Å². The SMILES string of the molecule is CN1C(=O)[C@@H]2CCC[C@H]2c2ccccc21. The van der Waals surface area contributed by atoms with E-state index in [2.05, 4.69) is 18.2 Å². The molecule has 1 saturated carbocycles. The summed E-state index contributed by atoms with van der Waals surface area (Å²) in [5.41, 5.74) is 2.49. The Hall–Kier alpha value is -1.31. The molecule has 78 valence electrons. The maximum absolute atomic E-state index is 12.1. The van der Waals surface area contributed by atoms with Crippen LogP contribution >= 0.6 is 0 Å². The lowest BCUT2D eigenvalue weighted by atomic mass is 9.83. The monoisotopic (exact) mass is 201 g/mol. The molecule has 0 spiro atoms. The zero-order valence-electron chi connectivity index (χ0n) is 8.94. The molecule has 0 unspecified atom stereocenters. The van der Waals surface area contributed by atoms with E-state index in [4.69, 9.17) is 0 Å². The van der Waals surface area contributed by atoms with Crippen molar-refractivity contribution in [2.45, 2.75) is 25.2 Å². The van der Waals surface area contributed by atoms with Gasteiger partial charge in [0.25, 0.3) is 0 Å². The molecule has 1 aliphatic carbocycles. The lowest BCUT2D eigenvalue weighted by molar-refractivity contribution is -0.122. The number of benzene rings is 1. The van der Waals surface area contributed by atoms with Gasteiger partial charge >= 0.3 is 0 Å². The Labute approximate surface area is 89.9 Å². The van der Waals surface area contributed by atoms with Gasteiger partial charge in [-0.15, -0.1) is 0 Å². The Kier molecular flexibility index (Phi) is 1.84. The molecule has 0 N–H and O–H groups in total. The first kappa shape index (κ1) is 8.96. The number of fused-ring (bicyclic) bond motifs is 3. The highest BCUT2D eigenvalue weighted by Gasteiger charge is 2.41. The van der Waals surface area contributed by atoms with Crippen LogP contribution in [0.5, 0.6) is 0 Å². The number of anilines is 1. The van der Waals surface area contributed by atoms with E-state index in [0.29, 0.717) is 11.8 Å². The van der Waals surface area contributed by atoms with E-state index in [1.165, 1.54) is 18.4 Å². The summed E-state index contributed by atoms with van der Waals surface area (Å²) < 4.78 is 0. The molecule has 0 radical (unpaired) electrons. The van der Waals surface area contributed by atoms with Crippen molar-refractivity contribution < 1.29 is 4.79 Å². The first-order valence-electron chi connectivity index (χ1n) is 5.65. The van der Waals surface area contributed by atoms with Gasteiger partial charge in [0.15, 0.2) is 0 Å². The molecule has 2 aliphatic rings. The molecule has 1 amide bonds. The predicted octanol–water partition coefficient (Wildman–Crippen LogP) is 2.55. The quantitative estimate of drug-likeness (QED) is 0.631. The maximum Gasteiger partial charge on any atom is 0.230 e. The van der Waals surface area contributed by atoms with Crippen molar-refractivity contribution in [2.24, 2.45) is 5.92 Å². The van der Waals surface area contributed by atoms with E-state index in [1.54, 1.807) is 0 Å². The van der Waals surface area contributed by atoms with Crippen molar-refractivity contribution in [3.8, 4) is 0 Å². The largest absolute Gasteiger partial charge is 0.315 e. The van der Waals surface area contributed by atoms with Gasteiger partial charge in [-0.25, -0.2) is 0 Å². The van der Waals surface area contributed by atoms with Gasteiger partial charge < -0.3 is 4.90 Å². The van der Waals surface area contributed by atoms with Crippen LogP contribution in [0.3, 0.4) is 0 Å². The second kappa shape index (κ2) is 3.09. The summed E-state index contributed by atoms with van der Waals surface area (Å²) in [5.74, 6) is 1.06. The highest BCUT2D eigenvalue weighted by molar-refractivity contribution is 5.98. The number of hydrogen-bond acceptors (Lipinski definition) is 1. The Morgan fingerprint density at radius 1 is 1.20 bits per heavy atom. The first-order chi connectivity index (χ1) is 7.29. The fourth-order valence-corrected chi connectivity index (χ4v) is 3.10. The van der Waals surface area contributed by atoms with Crippen LogP contribution in [0.4, 0.5) is 5.69 Å². The molecule has 1 heterocycles. The molecule has 2 atom stereocenters. The molecule has 0 bridgehead atoms. The second-order valence-electron chi connectivity index (χ2n) is 4.60. The average Bonchev–Trinajstić information content (AvgIpc) is 2.75. The maximum atomic E-state index is 12.1. The zero-order valence-corrected chi connectivity index (χ0v) is 8.94. The molecular formula is C13H15NO. The smallest absolute Gasteiger partial charge is 0.230 e. The molecule has 2 heteroatoms. The topological polar surface area (TPSA) is 20.3 Å². The molecule has 1 fully saturated rings. The van der Waals surface area contributed by atoms with Crippen molar-refractivity contribution in [1.82, 2.24) is 0 Å². The van der Waals surface area contributed by atoms with Crippen LogP contribution in [0.25, 0.3) is 0 Å². The van der Waals surface area contributed by atoms with Gasteiger partial charge in [0.1, 0.15) is 0 Å². The first-order valence-corrected chi connectivity index (χ1v) is 5.65. The third-order valence-electron chi connectivity index (χ3n) is 3.86. The summed E-state index contributed by atoms with van der Waals surface area (Å²) in [6, 6.07) is 8.33. The second-order valence-corrected chi connectivity index (χ2v) is 4.60. The molecule has 1 aromatic rings. The minimum absolute atomic E-state index is 0.255. The van der Waals surface area contributed by atoms with Crippen LogP contribution in [0.15, 0.2) is 24.3 Å². The van der Waals surface area contributed by atoms with E-state index < -0.39 is 0 Å². The van der Waals surface area contributed by atoms with Gasteiger partial charge in [0.05, 0.1) is 0 Å². The Morgan fingerprint density at radius 2 is 1.93 bits per heavy atom. The normalized spacial score (nSPS) is 28.9. The number of amides is 1. The standard InChI is InChI=1S/C13H15NO/c1-14-12-8-3-2-5-10(12)9-6-4-7-11(9)13(14)15/h2-3,5,8-9,11H,4,6-7H2,1H3/t9-,11+/m0/s1. The molecule has 1 aromatic carbocycles. The van der Waals surface area contributed by atoms with Crippen LogP contribution in [0, 0.1) is 5.92 Å².